The molecule has 0 amide bonds. The summed E-state index contributed by atoms with van der Waals surface area (Å²) >= 11 is 3.60. The largest absolute Gasteiger partial charge is 0.356 e. The summed E-state index contributed by atoms with van der Waals surface area (Å²) in [6.07, 6.45) is 2.99. The molecule has 7 heteroatoms. The number of aliphatic imine (C=N–C) groups is 1. The van der Waals surface area contributed by atoms with Crippen LogP contribution in [0, 0.1) is 6.92 Å². The summed E-state index contributed by atoms with van der Waals surface area (Å²) in [6, 6.07) is 4.26. The van der Waals surface area contributed by atoms with E-state index in [1.165, 1.54) is 20.5 Å². The zero-order chi connectivity index (χ0) is 15.8. The maximum absolute atomic E-state index is 4.67. The third-order valence-electron chi connectivity index (χ3n) is 3.37. The minimum Gasteiger partial charge on any atom is -0.356 e. The van der Waals surface area contributed by atoms with E-state index in [9.17, 15) is 0 Å². The third kappa shape index (κ3) is 6.76. The van der Waals surface area contributed by atoms with Crippen LogP contribution >= 0.6 is 46.7 Å². The highest BCUT2D eigenvalue weighted by atomic mass is 127. The molecule has 4 nitrogen and oxygen atoms in total. The molecule has 0 fully saturated rings. The van der Waals surface area contributed by atoms with Gasteiger partial charge in [-0.15, -0.1) is 46.7 Å². The van der Waals surface area contributed by atoms with Gasteiger partial charge in [0.25, 0.3) is 0 Å². The normalized spacial score (nSPS) is 11.2. The average molecular weight is 464 g/mol. The SMILES string of the molecule is CCc1nc(CCNC(=NC)NCCc2cccs2)sc1C.I. The Kier molecular flexibility index (Phi) is 9.73. The van der Waals surface area contributed by atoms with Gasteiger partial charge in [0.1, 0.15) is 0 Å². The molecule has 0 spiro atoms. The Morgan fingerprint density at radius 1 is 1.26 bits per heavy atom. The number of hydrogen-bond donors (Lipinski definition) is 2. The number of halogens is 1. The molecular weight excluding hydrogens is 439 g/mol. The van der Waals surface area contributed by atoms with Crippen LogP contribution in [0.1, 0.15) is 27.4 Å². The predicted octanol–water partition coefficient (Wildman–Crippen LogP) is 3.64. The summed E-state index contributed by atoms with van der Waals surface area (Å²) in [5, 5.41) is 10.0. The molecular formula is C16H25IN4S2. The first-order valence-corrected chi connectivity index (χ1v) is 9.34. The lowest BCUT2D eigenvalue weighted by molar-refractivity contribution is 0.783. The monoisotopic (exact) mass is 464 g/mol. The number of nitrogens with one attached hydrogen (secondary N) is 2. The van der Waals surface area contributed by atoms with Gasteiger partial charge in [0.2, 0.25) is 0 Å². The molecule has 2 aromatic heterocycles. The fraction of sp³-hybridized carbons (Fsp3) is 0.500. The van der Waals surface area contributed by atoms with Crippen LogP contribution in [0.2, 0.25) is 0 Å². The predicted molar refractivity (Wildman–Crippen MR) is 113 cm³/mol. The van der Waals surface area contributed by atoms with Crippen molar-refractivity contribution in [3.63, 3.8) is 0 Å². The van der Waals surface area contributed by atoms with Crippen molar-refractivity contribution in [2.45, 2.75) is 33.1 Å². The van der Waals surface area contributed by atoms with E-state index in [-0.39, 0.29) is 24.0 Å². The van der Waals surface area contributed by atoms with E-state index in [4.69, 9.17) is 0 Å². The molecule has 2 rings (SSSR count). The molecule has 128 valence electrons. The number of aryl methyl sites for hydroxylation is 2. The van der Waals surface area contributed by atoms with Crippen molar-refractivity contribution in [1.29, 1.82) is 0 Å². The van der Waals surface area contributed by atoms with E-state index in [1.807, 2.05) is 7.05 Å². The van der Waals surface area contributed by atoms with E-state index in [1.54, 1.807) is 22.7 Å². The highest BCUT2D eigenvalue weighted by Crippen LogP contribution is 2.17. The maximum Gasteiger partial charge on any atom is 0.191 e. The second-order valence-electron chi connectivity index (χ2n) is 4.97. The number of nitrogens with zero attached hydrogens (tertiary/aromatic N) is 2. The van der Waals surface area contributed by atoms with Gasteiger partial charge in [-0.05, 0) is 31.2 Å². The van der Waals surface area contributed by atoms with Crippen LogP contribution in [0.3, 0.4) is 0 Å². The molecule has 0 atom stereocenters. The van der Waals surface area contributed by atoms with Crippen LogP contribution < -0.4 is 10.6 Å². The van der Waals surface area contributed by atoms with Crippen molar-refractivity contribution < 1.29 is 0 Å². The van der Waals surface area contributed by atoms with Gasteiger partial charge in [0.15, 0.2) is 5.96 Å². The quantitative estimate of drug-likeness (QED) is 0.374. The molecule has 0 aliphatic rings. The van der Waals surface area contributed by atoms with Gasteiger partial charge < -0.3 is 10.6 Å². The highest BCUT2D eigenvalue weighted by Gasteiger charge is 2.06. The number of thiazole rings is 1. The summed E-state index contributed by atoms with van der Waals surface area (Å²) in [4.78, 5) is 11.7. The van der Waals surface area contributed by atoms with Crippen molar-refractivity contribution in [1.82, 2.24) is 15.6 Å². The lowest BCUT2D eigenvalue weighted by Gasteiger charge is -2.10. The van der Waals surface area contributed by atoms with E-state index in [0.29, 0.717) is 0 Å². The third-order valence-corrected chi connectivity index (χ3v) is 5.38. The second-order valence-corrected chi connectivity index (χ2v) is 7.29. The van der Waals surface area contributed by atoms with Crippen LogP contribution in [-0.4, -0.2) is 31.1 Å². The fourth-order valence-electron chi connectivity index (χ4n) is 2.19. The molecule has 2 aromatic rings. The van der Waals surface area contributed by atoms with Crippen molar-refractivity contribution in [3.05, 3.63) is 38.0 Å². The van der Waals surface area contributed by atoms with Gasteiger partial charge in [-0.3, -0.25) is 4.99 Å². The standard InChI is InChI=1S/C16H24N4S2.HI/c1-4-14-12(2)22-15(20-14)8-10-19-16(17-3)18-9-7-13-6-5-11-21-13;/h5-6,11H,4,7-10H2,1-3H3,(H2,17,18,19);1H. The molecule has 2 heterocycles. The van der Waals surface area contributed by atoms with Gasteiger partial charge >= 0.3 is 0 Å². The van der Waals surface area contributed by atoms with Crippen molar-refractivity contribution in [2.75, 3.05) is 20.1 Å². The highest BCUT2D eigenvalue weighted by molar-refractivity contribution is 14.0. The number of thiophene rings is 1. The zero-order valence-corrected chi connectivity index (χ0v) is 17.9. The Morgan fingerprint density at radius 3 is 2.57 bits per heavy atom. The molecule has 0 bridgehead atoms. The molecule has 0 radical (unpaired) electrons. The van der Waals surface area contributed by atoms with Crippen LogP contribution in [0.25, 0.3) is 0 Å². The van der Waals surface area contributed by atoms with Gasteiger partial charge in [-0.1, -0.05) is 13.0 Å². The van der Waals surface area contributed by atoms with E-state index in [2.05, 4.69) is 52.0 Å². The molecule has 0 aromatic carbocycles. The Hall–Kier alpha value is -0.670. The molecule has 2 N–H and O–H groups in total. The maximum atomic E-state index is 4.67. The Morgan fingerprint density at radius 2 is 2.00 bits per heavy atom. The minimum absolute atomic E-state index is 0. The minimum atomic E-state index is 0. The molecule has 0 aliphatic carbocycles. The molecule has 0 aliphatic heterocycles. The van der Waals surface area contributed by atoms with Crippen LogP contribution in [0.4, 0.5) is 0 Å². The average Bonchev–Trinajstić information content (AvgIpc) is 3.15. The first-order valence-electron chi connectivity index (χ1n) is 7.65. The van der Waals surface area contributed by atoms with Gasteiger partial charge in [-0.25, -0.2) is 4.98 Å². The lowest BCUT2D eigenvalue weighted by Crippen LogP contribution is -2.39. The molecule has 0 saturated heterocycles. The smallest absolute Gasteiger partial charge is 0.191 e. The second kappa shape index (κ2) is 11.0. The molecule has 0 saturated carbocycles. The first kappa shape index (κ1) is 20.4. The van der Waals surface area contributed by atoms with E-state index in [0.717, 1.165) is 38.3 Å². The molecule has 23 heavy (non-hydrogen) atoms. The van der Waals surface area contributed by atoms with Crippen LogP contribution in [0.5, 0.6) is 0 Å². The number of aromatic nitrogens is 1. The summed E-state index contributed by atoms with van der Waals surface area (Å²) in [5.74, 6) is 0.862. The van der Waals surface area contributed by atoms with Crippen LogP contribution in [-0.2, 0) is 19.3 Å². The van der Waals surface area contributed by atoms with Gasteiger partial charge in [-0.2, -0.15) is 0 Å². The Balaban J connectivity index is 0.00000264. The lowest BCUT2D eigenvalue weighted by atomic mass is 10.3. The number of guanidine groups is 1. The van der Waals surface area contributed by atoms with Gasteiger partial charge in [0, 0.05) is 36.3 Å². The van der Waals surface area contributed by atoms with E-state index < -0.39 is 0 Å². The summed E-state index contributed by atoms with van der Waals surface area (Å²) in [7, 11) is 1.81. The molecule has 0 unspecified atom stereocenters. The van der Waals surface area contributed by atoms with Crippen LogP contribution in [0.15, 0.2) is 22.5 Å². The topological polar surface area (TPSA) is 49.3 Å². The summed E-state index contributed by atoms with van der Waals surface area (Å²) in [6.45, 7) is 6.06. The van der Waals surface area contributed by atoms with E-state index >= 15 is 0 Å². The van der Waals surface area contributed by atoms with Crippen molar-refractivity contribution in [2.24, 2.45) is 4.99 Å². The Labute approximate surface area is 163 Å². The van der Waals surface area contributed by atoms with Gasteiger partial charge in [0.05, 0.1) is 10.7 Å². The number of hydrogen-bond acceptors (Lipinski definition) is 4. The Bertz CT molecular complexity index is 593. The first-order chi connectivity index (χ1) is 10.7. The van der Waals surface area contributed by atoms with Crippen molar-refractivity contribution in [3.8, 4) is 0 Å². The summed E-state index contributed by atoms with van der Waals surface area (Å²) < 4.78 is 0. The fourth-order valence-corrected chi connectivity index (χ4v) is 3.92. The summed E-state index contributed by atoms with van der Waals surface area (Å²) in [5.41, 5.74) is 1.23. The van der Waals surface area contributed by atoms with Crippen molar-refractivity contribution >= 4 is 52.6 Å². The number of rotatable bonds is 7. The zero-order valence-electron chi connectivity index (χ0n) is 13.9.